The minimum atomic E-state index is -0.148. The monoisotopic (exact) mass is 348 g/mol. The highest BCUT2D eigenvalue weighted by atomic mass is 19.1. The third-order valence-corrected chi connectivity index (χ3v) is 6.27. The molecule has 1 aromatic heterocycles. The number of benzene rings is 2. The van der Waals surface area contributed by atoms with Gasteiger partial charge in [-0.1, -0.05) is 23.8 Å². The van der Waals surface area contributed by atoms with E-state index in [0.717, 1.165) is 38.9 Å². The minimum Gasteiger partial charge on any atom is -0.343 e. The first kappa shape index (κ1) is 16.1. The zero-order valence-corrected chi connectivity index (χ0v) is 15.6. The van der Waals surface area contributed by atoms with Crippen LogP contribution in [-0.2, 0) is 25.9 Å². The number of halogens is 1. The zero-order chi connectivity index (χ0) is 17.8. The average Bonchev–Trinajstić information content (AvgIpc) is 2.79. The summed E-state index contributed by atoms with van der Waals surface area (Å²) in [5.41, 5.74) is 8.62. The lowest BCUT2D eigenvalue weighted by Gasteiger charge is -2.25. The Morgan fingerprint density at radius 3 is 2.69 bits per heavy atom. The summed E-state index contributed by atoms with van der Waals surface area (Å²) in [6, 6.07) is 11.9. The maximum atomic E-state index is 13.4. The molecule has 1 unspecified atom stereocenters. The van der Waals surface area contributed by atoms with Crippen molar-refractivity contribution in [2.24, 2.45) is 0 Å². The van der Waals surface area contributed by atoms with Crippen molar-refractivity contribution in [1.82, 2.24) is 9.47 Å². The van der Waals surface area contributed by atoms with Gasteiger partial charge in [0.2, 0.25) is 0 Å². The lowest BCUT2D eigenvalue weighted by Crippen LogP contribution is -2.27. The molecule has 0 spiro atoms. The van der Waals surface area contributed by atoms with E-state index in [1.54, 1.807) is 12.1 Å². The summed E-state index contributed by atoms with van der Waals surface area (Å²) in [4.78, 5) is 2.43. The van der Waals surface area contributed by atoms with Gasteiger partial charge < -0.3 is 9.47 Å². The van der Waals surface area contributed by atoms with Gasteiger partial charge >= 0.3 is 0 Å². The van der Waals surface area contributed by atoms with Crippen molar-refractivity contribution < 1.29 is 4.39 Å². The molecule has 2 aromatic carbocycles. The molecule has 0 fully saturated rings. The summed E-state index contributed by atoms with van der Waals surface area (Å²) in [7, 11) is 2.22. The highest BCUT2D eigenvalue weighted by Gasteiger charge is 2.28. The van der Waals surface area contributed by atoms with E-state index in [-0.39, 0.29) is 5.82 Å². The van der Waals surface area contributed by atoms with Gasteiger partial charge in [-0.3, -0.25) is 0 Å². The quantitative estimate of drug-likeness (QED) is 0.613. The number of hydrogen-bond donors (Lipinski definition) is 0. The van der Waals surface area contributed by atoms with Crippen LogP contribution in [0.4, 0.5) is 4.39 Å². The largest absolute Gasteiger partial charge is 0.343 e. The number of nitrogens with zero attached hydrogens (tertiary/aromatic N) is 2. The molecule has 2 aliphatic heterocycles. The van der Waals surface area contributed by atoms with Gasteiger partial charge in [0.1, 0.15) is 5.82 Å². The first-order valence-electron chi connectivity index (χ1n) is 9.67. The molecular formula is C23H25FN2. The van der Waals surface area contributed by atoms with Crippen molar-refractivity contribution in [2.75, 3.05) is 13.6 Å². The molecule has 0 bridgehead atoms. The number of aryl methyl sites for hydroxylation is 2. The number of rotatable bonds is 1. The molecule has 5 rings (SSSR count). The maximum absolute atomic E-state index is 13.4. The standard InChI is InChI=1S/C23H25FN2/c1-15-11-17-3-4-18(16-5-7-19(24)8-6-16)13-26-22-9-10-25(2)14-21(22)20(12-15)23(17)26/h5-8,11-12,18H,3-4,9-10,13-14H2,1-2H3. The van der Waals surface area contributed by atoms with Crippen LogP contribution in [0.15, 0.2) is 36.4 Å². The molecule has 0 saturated carbocycles. The second-order valence-corrected chi connectivity index (χ2v) is 8.13. The van der Waals surface area contributed by atoms with E-state index in [4.69, 9.17) is 0 Å². The number of aromatic nitrogens is 1. The minimum absolute atomic E-state index is 0.148. The topological polar surface area (TPSA) is 8.17 Å². The van der Waals surface area contributed by atoms with Crippen LogP contribution in [0.1, 0.15) is 40.3 Å². The fourth-order valence-electron chi connectivity index (χ4n) is 5.00. The van der Waals surface area contributed by atoms with E-state index in [0.29, 0.717) is 5.92 Å². The maximum Gasteiger partial charge on any atom is 0.123 e. The summed E-state index contributed by atoms with van der Waals surface area (Å²) in [6.45, 7) is 5.40. The summed E-state index contributed by atoms with van der Waals surface area (Å²) >= 11 is 0. The molecule has 0 amide bonds. The van der Waals surface area contributed by atoms with Gasteiger partial charge in [-0.05, 0) is 61.7 Å². The molecule has 2 aliphatic rings. The lowest BCUT2D eigenvalue weighted by molar-refractivity contribution is 0.308. The van der Waals surface area contributed by atoms with Crippen LogP contribution in [0.25, 0.3) is 10.9 Å². The first-order valence-corrected chi connectivity index (χ1v) is 9.67. The predicted molar refractivity (Wildman–Crippen MR) is 104 cm³/mol. The third kappa shape index (κ3) is 2.49. The Morgan fingerprint density at radius 1 is 1.08 bits per heavy atom. The molecule has 1 atom stereocenters. The third-order valence-electron chi connectivity index (χ3n) is 6.27. The molecule has 2 nitrogen and oxygen atoms in total. The van der Waals surface area contributed by atoms with Crippen molar-refractivity contribution in [3.05, 3.63) is 70.2 Å². The summed E-state index contributed by atoms with van der Waals surface area (Å²) in [6.07, 6.45) is 3.34. The molecule has 3 heteroatoms. The van der Waals surface area contributed by atoms with Gasteiger partial charge in [0, 0.05) is 43.1 Å². The second-order valence-electron chi connectivity index (χ2n) is 8.13. The van der Waals surface area contributed by atoms with Crippen LogP contribution < -0.4 is 0 Å². The zero-order valence-electron chi connectivity index (χ0n) is 15.6. The smallest absolute Gasteiger partial charge is 0.123 e. The van der Waals surface area contributed by atoms with Gasteiger partial charge in [0.05, 0.1) is 5.52 Å². The van der Waals surface area contributed by atoms with Gasteiger partial charge in [-0.2, -0.15) is 0 Å². The summed E-state index contributed by atoms with van der Waals surface area (Å²) in [5, 5.41) is 1.46. The number of fused-ring (bicyclic) bond motifs is 3. The van der Waals surface area contributed by atoms with Crippen LogP contribution in [-0.4, -0.2) is 23.1 Å². The van der Waals surface area contributed by atoms with E-state index < -0.39 is 0 Å². The summed E-state index contributed by atoms with van der Waals surface area (Å²) in [5.74, 6) is 0.299. The molecule has 0 saturated heterocycles. The van der Waals surface area contributed by atoms with Crippen LogP contribution in [0.3, 0.4) is 0 Å². The molecule has 134 valence electrons. The van der Waals surface area contributed by atoms with Crippen molar-refractivity contribution in [3.8, 4) is 0 Å². The molecule has 0 aliphatic carbocycles. The highest BCUT2D eigenvalue weighted by Crippen LogP contribution is 2.39. The van der Waals surface area contributed by atoms with Crippen molar-refractivity contribution in [1.29, 1.82) is 0 Å². The lowest BCUT2D eigenvalue weighted by atomic mass is 9.92. The number of hydrogen-bond acceptors (Lipinski definition) is 1. The highest BCUT2D eigenvalue weighted by molar-refractivity contribution is 5.89. The fourth-order valence-corrected chi connectivity index (χ4v) is 5.00. The van der Waals surface area contributed by atoms with Gasteiger partial charge in [-0.15, -0.1) is 0 Å². The van der Waals surface area contributed by atoms with Gasteiger partial charge in [-0.25, -0.2) is 4.39 Å². The van der Waals surface area contributed by atoms with E-state index in [1.165, 1.54) is 38.9 Å². The summed E-state index contributed by atoms with van der Waals surface area (Å²) < 4.78 is 16.0. The van der Waals surface area contributed by atoms with E-state index in [2.05, 4.69) is 35.6 Å². The Balaban J connectivity index is 1.68. The number of likely N-dealkylation sites (N-methyl/N-ethyl adjacent to an activating group) is 1. The fraction of sp³-hybridized carbons (Fsp3) is 0.391. The Labute approximate surface area is 154 Å². The van der Waals surface area contributed by atoms with E-state index in [1.807, 2.05) is 12.1 Å². The Hall–Kier alpha value is -2.13. The average molecular weight is 348 g/mol. The van der Waals surface area contributed by atoms with Crippen LogP contribution in [0.5, 0.6) is 0 Å². The normalized spacial score (nSPS) is 20.2. The molecule has 0 radical (unpaired) electrons. The molecule has 3 heterocycles. The Morgan fingerprint density at radius 2 is 1.88 bits per heavy atom. The van der Waals surface area contributed by atoms with Gasteiger partial charge in [0.15, 0.2) is 0 Å². The second kappa shape index (κ2) is 5.95. The van der Waals surface area contributed by atoms with Crippen molar-refractivity contribution in [2.45, 2.75) is 45.2 Å². The molecule has 3 aromatic rings. The van der Waals surface area contributed by atoms with Crippen molar-refractivity contribution >= 4 is 10.9 Å². The van der Waals surface area contributed by atoms with E-state index in [9.17, 15) is 4.39 Å². The van der Waals surface area contributed by atoms with Crippen LogP contribution in [0, 0.1) is 12.7 Å². The van der Waals surface area contributed by atoms with E-state index >= 15 is 0 Å². The van der Waals surface area contributed by atoms with Gasteiger partial charge in [0.25, 0.3) is 0 Å². The van der Waals surface area contributed by atoms with Crippen molar-refractivity contribution in [3.63, 3.8) is 0 Å². The molecule has 26 heavy (non-hydrogen) atoms. The Bertz CT molecular complexity index is 984. The van der Waals surface area contributed by atoms with Crippen LogP contribution >= 0.6 is 0 Å². The first-order chi connectivity index (χ1) is 12.6. The predicted octanol–water partition coefficient (Wildman–Crippen LogP) is 4.81. The van der Waals surface area contributed by atoms with Crippen LogP contribution in [0.2, 0.25) is 0 Å². The molecule has 0 N–H and O–H groups in total. The molecular weight excluding hydrogens is 323 g/mol. The SMILES string of the molecule is Cc1cc2c3c(c1)c1c(n3CC(c3ccc(F)cc3)CC2)CCN(C)C1. The Kier molecular flexibility index (Phi) is 3.68.